The topological polar surface area (TPSA) is 67.6 Å². The van der Waals surface area contributed by atoms with E-state index in [0.29, 0.717) is 38.1 Å². The summed E-state index contributed by atoms with van der Waals surface area (Å²) in [6, 6.07) is 18.4. The second-order valence-electron chi connectivity index (χ2n) is 7.48. The number of carbonyl (C=O) groups is 1. The zero-order chi connectivity index (χ0) is 19.8. The van der Waals surface area contributed by atoms with E-state index in [4.69, 9.17) is 10.5 Å². The summed E-state index contributed by atoms with van der Waals surface area (Å²) in [6.45, 7) is 6.09. The maximum atomic E-state index is 12.5. The lowest BCUT2D eigenvalue weighted by Crippen LogP contribution is -2.36. The van der Waals surface area contributed by atoms with Crippen LogP contribution in [0, 0.1) is 5.92 Å². The molecule has 1 amide bonds. The summed E-state index contributed by atoms with van der Waals surface area (Å²) in [5.41, 5.74) is 8.36. The molecule has 0 radical (unpaired) electrons. The molecule has 3 N–H and O–H groups in total. The highest BCUT2D eigenvalue weighted by atomic mass is 16.5. The van der Waals surface area contributed by atoms with Gasteiger partial charge in [0.05, 0.1) is 13.2 Å². The Morgan fingerprint density at radius 2 is 2.00 bits per heavy atom. The van der Waals surface area contributed by atoms with Crippen LogP contribution in [0.25, 0.3) is 0 Å². The molecule has 5 heteroatoms. The van der Waals surface area contributed by atoms with E-state index in [1.165, 1.54) is 5.56 Å². The van der Waals surface area contributed by atoms with Crippen LogP contribution in [0.1, 0.15) is 30.4 Å². The van der Waals surface area contributed by atoms with Gasteiger partial charge in [0.15, 0.2) is 0 Å². The van der Waals surface area contributed by atoms with E-state index in [0.717, 1.165) is 30.8 Å². The Bertz CT molecular complexity index is 751. The van der Waals surface area contributed by atoms with Gasteiger partial charge in [0, 0.05) is 25.6 Å². The zero-order valence-electron chi connectivity index (χ0n) is 16.6. The molecule has 150 valence electrons. The number of amides is 1. The Labute approximate surface area is 167 Å². The van der Waals surface area contributed by atoms with Crippen molar-refractivity contribution in [3.8, 4) is 5.75 Å². The Kier molecular flexibility index (Phi) is 7.46. The van der Waals surface area contributed by atoms with Crippen molar-refractivity contribution in [1.82, 2.24) is 10.2 Å². The molecule has 0 bridgehead atoms. The molecule has 5 nitrogen and oxygen atoms in total. The summed E-state index contributed by atoms with van der Waals surface area (Å²) in [7, 11) is 0. The molecule has 0 spiro atoms. The molecule has 2 aromatic rings. The average molecular weight is 382 g/mol. The summed E-state index contributed by atoms with van der Waals surface area (Å²) in [5, 5.41) is 3.03. The van der Waals surface area contributed by atoms with Crippen molar-refractivity contribution < 1.29 is 9.53 Å². The summed E-state index contributed by atoms with van der Waals surface area (Å²) in [6.07, 6.45) is 0.977. The van der Waals surface area contributed by atoms with E-state index < -0.39 is 0 Å². The summed E-state index contributed by atoms with van der Waals surface area (Å²) in [4.78, 5) is 14.7. The molecular weight excluding hydrogens is 350 g/mol. The van der Waals surface area contributed by atoms with Crippen molar-refractivity contribution in [3.05, 3.63) is 65.7 Å². The lowest BCUT2D eigenvalue weighted by Gasteiger charge is -2.16. The molecule has 2 atom stereocenters. The number of nitrogens with two attached hydrogens (primary N) is 1. The zero-order valence-corrected chi connectivity index (χ0v) is 16.6. The minimum absolute atomic E-state index is 0.0457. The van der Waals surface area contributed by atoms with Crippen molar-refractivity contribution in [1.29, 1.82) is 0 Å². The fourth-order valence-electron chi connectivity index (χ4n) is 3.83. The van der Waals surface area contributed by atoms with Gasteiger partial charge in [-0.25, -0.2) is 0 Å². The van der Waals surface area contributed by atoms with Gasteiger partial charge in [-0.3, -0.25) is 9.69 Å². The Balaban J connectivity index is 1.50. The van der Waals surface area contributed by atoms with E-state index in [2.05, 4.69) is 41.4 Å². The number of rotatable bonds is 9. The molecule has 3 rings (SSSR count). The highest BCUT2D eigenvalue weighted by Crippen LogP contribution is 2.31. The lowest BCUT2D eigenvalue weighted by molar-refractivity contribution is -0.122. The van der Waals surface area contributed by atoms with Crippen LogP contribution in [0.5, 0.6) is 5.75 Å². The monoisotopic (exact) mass is 381 g/mol. The van der Waals surface area contributed by atoms with Crippen molar-refractivity contribution in [2.45, 2.75) is 25.8 Å². The Morgan fingerprint density at radius 3 is 2.75 bits per heavy atom. The molecule has 0 unspecified atom stereocenters. The quantitative estimate of drug-likeness (QED) is 0.701. The maximum absolute atomic E-state index is 12.5. The number of hydrogen-bond donors (Lipinski definition) is 2. The van der Waals surface area contributed by atoms with Gasteiger partial charge >= 0.3 is 0 Å². The minimum Gasteiger partial charge on any atom is -0.494 e. The number of benzene rings is 2. The van der Waals surface area contributed by atoms with Crippen LogP contribution in [0.2, 0.25) is 0 Å². The molecule has 0 aliphatic carbocycles. The first-order valence-electron chi connectivity index (χ1n) is 10.2. The van der Waals surface area contributed by atoms with E-state index in [9.17, 15) is 4.79 Å². The summed E-state index contributed by atoms with van der Waals surface area (Å²) in [5.74, 6) is 1.68. The normalized spacial score (nSPS) is 19.5. The maximum Gasteiger partial charge on any atom is 0.234 e. The molecule has 0 saturated carbocycles. The van der Waals surface area contributed by atoms with Gasteiger partial charge < -0.3 is 15.8 Å². The first-order chi connectivity index (χ1) is 13.7. The van der Waals surface area contributed by atoms with Gasteiger partial charge in [-0.2, -0.15) is 0 Å². The first kappa shape index (κ1) is 20.4. The smallest absolute Gasteiger partial charge is 0.234 e. The van der Waals surface area contributed by atoms with Gasteiger partial charge in [0.1, 0.15) is 5.75 Å². The number of likely N-dealkylation sites (tertiary alicyclic amines) is 1. The van der Waals surface area contributed by atoms with E-state index in [1.54, 1.807) is 0 Å². The molecule has 0 aromatic heterocycles. The minimum atomic E-state index is 0.0457. The van der Waals surface area contributed by atoms with Gasteiger partial charge in [0.2, 0.25) is 5.91 Å². The van der Waals surface area contributed by atoms with Crippen LogP contribution in [-0.2, 0) is 11.3 Å². The van der Waals surface area contributed by atoms with Crippen LogP contribution in [0.3, 0.4) is 0 Å². The van der Waals surface area contributed by atoms with Crippen molar-refractivity contribution in [3.63, 3.8) is 0 Å². The number of hydrogen-bond acceptors (Lipinski definition) is 4. The second kappa shape index (κ2) is 10.2. The predicted octanol–water partition coefficient (Wildman–Crippen LogP) is 2.77. The lowest BCUT2D eigenvalue weighted by atomic mass is 9.89. The predicted molar refractivity (Wildman–Crippen MR) is 112 cm³/mol. The largest absolute Gasteiger partial charge is 0.494 e. The second-order valence-corrected chi connectivity index (χ2v) is 7.48. The molecule has 1 aliphatic heterocycles. The van der Waals surface area contributed by atoms with Gasteiger partial charge in [-0.05, 0) is 42.1 Å². The fraction of sp³-hybridized carbons (Fsp3) is 0.435. The number of nitrogens with zero attached hydrogens (tertiary/aromatic N) is 1. The van der Waals surface area contributed by atoms with Crippen LogP contribution in [0.4, 0.5) is 0 Å². The van der Waals surface area contributed by atoms with Crippen LogP contribution in [-0.4, -0.2) is 43.6 Å². The van der Waals surface area contributed by atoms with Gasteiger partial charge in [0.25, 0.3) is 0 Å². The Hall–Kier alpha value is -2.37. The third-order valence-corrected chi connectivity index (χ3v) is 5.28. The highest BCUT2D eigenvalue weighted by molar-refractivity contribution is 5.78. The SMILES string of the molecule is CCCOc1cccc(CNC(=O)CN2C[C@@H](CN)[C@H](c3ccccc3)C2)c1. The van der Waals surface area contributed by atoms with Crippen LogP contribution in [0.15, 0.2) is 54.6 Å². The average Bonchev–Trinajstić information content (AvgIpc) is 3.14. The molecule has 1 fully saturated rings. The van der Waals surface area contributed by atoms with Crippen molar-refractivity contribution in [2.24, 2.45) is 11.7 Å². The number of ether oxygens (including phenoxy) is 1. The number of carbonyl (C=O) groups excluding carboxylic acids is 1. The molecular formula is C23H31N3O2. The molecule has 28 heavy (non-hydrogen) atoms. The van der Waals surface area contributed by atoms with E-state index in [1.807, 2.05) is 30.3 Å². The Morgan fingerprint density at radius 1 is 1.18 bits per heavy atom. The van der Waals surface area contributed by atoms with Crippen molar-refractivity contribution in [2.75, 3.05) is 32.8 Å². The third-order valence-electron chi connectivity index (χ3n) is 5.28. The molecule has 1 saturated heterocycles. The summed E-state index contributed by atoms with van der Waals surface area (Å²) < 4.78 is 5.66. The standard InChI is InChI=1S/C23H31N3O2/c1-2-11-28-21-10-6-7-18(12-21)14-25-23(27)17-26-15-20(13-24)22(16-26)19-8-4-3-5-9-19/h3-10,12,20,22H,2,11,13-17,24H2,1H3,(H,25,27)/t20-,22+/m1/s1. The van der Waals surface area contributed by atoms with E-state index in [-0.39, 0.29) is 5.91 Å². The van der Waals surface area contributed by atoms with Crippen molar-refractivity contribution >= 4 is 5.91 Å². The summed E-state index contributed by atoms with van der Waals surface area (Å²) >= 11 is 0. The van der Waals surface area contributed by atoms with E-state index >= 15 is 0 Å². The fourth-order valence-corrected chi connectivity index (χ4v) is 3.83. The van der Waals surface area contributed by atoms with Crippen LogP contribution < -0.4 is 15.8 Å². The number of nitrogens with one attached hydrogen (secondary N) is 1. The first-order valence-corrected chi connectivity index (χ1v) is 10.2. The van der Waals surface area contributed by atoms with Gasteiger partial charge in [-0.15, -0.1) is 0 Å². The van der Waals surface area contributed by atoms with Crippen LogP contribution >= 0.6 is 0 Å². The van der Waals surface area contributed by atoms with Gasteiger partial charge in [-0.1, -0.05) is 49.4 Å². The third kappa shape index (κ3) is 5.57. The highest BCUT2D eigenvalue weighted by Gasteiger charge is 2.33. The molecule has 2 aromatic carbocycles. The molecule has 1 aliphatic rings. The molecule has 1 heterocycles.